The Kier molecular flexibility index (Phi) is 4.76. The van der Waals surface area contributed by atoms with E-state index >= 15 is 0 Å². The second-order valence-electron chi connectivity index (χ2n) is 5.79. The van der Waals surface area contributed by atoms with E-state index in [-0.39, 0.29) is 17.8 Å². The van der Waals surface area contributed by atoms with Crippen molar-refractivity contribution >= 4 is 5.91 Å². The molecule has 0 aliphatic carbocycles. The average Bonchev–Trinajstić information content (AvgIpc) is 2.46. The number of piperidine rings is 1. The number of amides is 1. The maximum absolute atomic E-state index is 13.8. The van der Waals surface area contributed by atoms with Crippen LogP contribution in [-0.2, 0) is 4.79 Å². The lowest BCUT2D eigenvalue weighted by atomic mass is 9.90. The molecule has 0 bridgehead atoms. The van der Waals surface area contributed by atoms with E-state index in [2.05, 4.69) is 6.92 Å². The number of benzene rings is 1. The first-order chi connectivity index (χ1) is 9.54. The third-order valence-corrected chi connectivity index (χ3v) is 4.28. The zero-order valence-corrected chi connectivity index (χ0v) is 12.2. The lowest BCUT2D eigenvalue weighted by Gasteiger charge is -2.39. The first-order valence-corrected chi connectivity index (χ1v) is 7.29. The Hall–Kier alpha value is -1.42. The van der Waals surface area contributed by atoms with Gasteiger partial charge in [-0.05, 0) is 37.3 Å². The fourth-order valence-electron chi connectivity index (χ4n) is 2.97. The number of nitrogens with zero attached hydrogens (tertiary/aromatic N) is 1. The zero-order valence-electron chi connectivity index (χ0n) is 12.2. The van der Waals surface area contributed by atoms with E-state index in [0.29, 0.717) is 18.0 Å². The van der Waals surface area contributed by atoms with Crippen LogP contribution in [0.5, 0.6) is 0 Å². The maximum atomic E-state index is 13.8. The molecule has 1 aliphatic rings. The van der Waals surface area contributed by atoms with E-state index in [0.717, 1.165) is 19.4 Å². The highest BCUT2D eigenvalue weighted by atomic mass is 19.1. The normalized spacial score (nSPS) is 24.5. The van der Waals surface area contributed by atoms with Gasteiger partial charge < -0.3 is 10.6 Å². The van der Waals surface area contributed by atoms with Gasteiger partial charge in [-0.15, -0.1) is 0 Å². The molecule has 110 valence electrons. The third kappa shape index (κ3) is 3.01. The molecule has 1 aliphatic heterocycles. The summed E-state index contributed by atoms with van der Waals surface area (Å²) in [5, 5.41) is 0. The van der Waals surface area contributed by atoms with Gasteiger partial charge in [-0.1, -0.05) is 25.1 Å². The molecule has 1 saturated heterocycles. The highest BCUT2D eigenvalue weighted by Gasteiger charge is 2.32. The topological polar surface area (TPSA) is 46.3 Å². The Morgan fingerprint density at radius 1 is 1.50 bits per heavy atom. The van der Waals surface area contributed by atoms with Crippen molar-refractivity contribution in [2.75, 3.05) is 13.1 Å². The van der Waals surface area contributed by atoms with Crippen LogP contribution in [0.2, 0.25) is 0 Å². The summed E-state index contributed by atoms with van der Waals surface area (Å²) >= 11 is 0. The predicted molar refractivity (Wildman–Crippen MR) is 77.8 cm³/mol. The van der Waals surface area contributed by atoms with E-state index in [1.165, 1.54) is 6.07 Å². The summed E-state index contributed by atoms with van der Waals surface area (Å²) in [7, 11) is 0. The molecule has 1 fully saturated rings. The Balaban J connectivity index is 2.16. The Morgan fingerprint density at radius 3 is 2.85 bits per heavy atom. The number of hydrogen-bond donors (Lipinski definition) is 1. The molecule has 0 spiro atoms. The summed E-state index contributed by atoms with van der Waals surface area (Å²) in [5.74, 6) is -0.199. The molecule has 0 aromatic heterocycles. The SMILES string of the molecule is CC1CCN(C(=O)C(C)c2ccccc2F)C(CN)C1. The zero-order chi connectivity index (χ0) is 14.7. The molecule has 1 heterocycles. The minimum atomic E-state index is -0.460. The van der Waals surface area contributed by atoms with Crippen LogP contribution in [0.3, 0.4) is 0 Å². The number of rotatable bonds is 3. The van der Waals surface area contributed by atoms with Crippen molar-refractivity contribution < 1.29 is 9.18 Å². The highest BCUT2D eigenvalue weighted by molar-refractivity contribution is 5.83. The van der Waals surface area contributed by atoms with Crippen LogP contribution in [0.15, 0.2) is 24.3 Å². The van der Waals surface area contributed by atoms with Crippen molar-refractivity contribution in [1.29, 1.82) is 0 Å². The monoisotopic (exact) mass is 278 g/mol. The fourth-order valence-corrected chi connectivity index (χ4v) is 2.97. The van der Waals surface area contributed by atoms with Gasteiger partial charge in [0.1, 0.15) is 5.82 Å². The third-order valence-electron chi connectivity index (χ3n) is 4.28. The molecule has 1 aromatic rings. The molecule has 3 unspecified atom stereocenters. The Morgan fingerprint density at radius 2 is 2.20 bits per heavy atom. The van der Waals surface area contributed by atoms with Crippen molar-refractivity contribution in [3.63, 3.8) is 0 Å². The van der Waals surface area contributed by atoms with Crippen LogP contribution in [0.4, 0.5) is 4.39 Å². The lowest BCUT2D eigenvalue weighted by Crippen LogP contribution is -2.50. The molecule has 2 N–H and O–H groups in total. The highest BCUT2D eigenvalue weighted by Crippen LogP contribution is 2.27. The van der Waals surface area contributed by atoms with Crippen LogP contribution in [0, 0.1) is 11.7 Å². The molecular weight excluding hydrogens is 255 g/mol. The summed E-state index contributed by atoms with van der Waals surface area (Å²) in [6, 6.07) is 6.57. The summed E-state index contributed by atoms with van der Waals surface area (Å²) in [4.78, 5) is 14.5. The average molecular weight is 278 g/mol. The van der Waals surface area contributed by atoms with Crippen molar-refractivity contribution in [2.24, 2.45) is 11.7 Å². The Labute approximate surface area is 120 Å². The molecule has 1 aromatic carbocycles. The number of carbonyl (C=O) groups excluding carboxylic acids is 1. The van der Waals surface area contributed by atoms with Gasteiger partial charge in [-0.25, -0.2) is 4.39 Å². The van der Waals surface area contributed by atoms with Gasteiger partial charge in [-0.2, -0.15) is 0 Å². The number of likely N-dealkylation sites (tertiary alicyclic amines) is 1. The molecular formula is C16H23FN2O. The second-order valence-corrected chi connectivity index (χ2v) is 5.79. The van der Waals surface area contributed by atoms with E-state index in [9.17, 15) is 9.18 Å². The van der Waals surface area contributed by atoms with Crippen LogP contribution >= 0.6 is 0 Å². The number of nitrogens with two attached hydrogens (primary N) is 1. The van der Waals surface area contributed by atoms with Gasteiger partial charge >= 0.3 is 0 Å². The van der Waals surface area contributed by atoms with Gasteiger partial charge in [0, 0.05) is 19.1 Å². The summed E-state index contributed by atoms with van der Waals surface area (Å²) in [5.41, 5.74) is 6.26. The molecule has 4 heteroatoms. The number of hydrogen-bond acceptors (Lipinski definition) is 2. The van der Waals surface area contributed by atoms with Crippen molar-refractivity contribution in [3.05, 3.63) is 35.6 Å². The maximum Gasteiger partial charge on any atom is 0.230 e. The van der Waals surface area contributed by atoms with Crippen molar-refractivity contribution in [2.45, 2.75) is 38.6 Å². The number of carbonyl (C=O) groups is 1. The summed E-state index contributed by atoms with van der Waals surface area (Å²) in [6.45, 7) is 5.15. The van der Waals surface area contributed by atoms with E-state index in [4.69, 9.17) is 5.73 Å². The first kappa shape index (κ1) is 15.0. The molecule has 0 saturated carbocycles. The minimum absolute atomic E-state index is 0.0162. The summed E-state index contributed by atoms with van der Waals surface area (Å²) in [6.07, 6.45) is 1.93. The van der Waals surface area contributed by atoms with Gasteiger partial charge in [0.2, 0.25) is 5.91 Å². The van der Waals surface area contributed by atoms with Crippen LogP contribution in [0.1, 0.15) is 38.2 Å². The molecule has 20 heavy (non-hydrogen) atoms. The van der Waals surface area contributed by atoms with E-state index in [1.807, 2.05) is 4.90 Å². The summed E-state index contributed by atoms with van der Waals surface area (Å²) < 4.78 is 13.8. The smallest absolute Gasteiger partial charge is 0.230 e. The van der Waals surface area contributed by atoms with Gasteiger partial charge in [0.15, 0.2) is 0 Å². The second kappa shape index (κ2) is 6.35. The molecule has 3 atom stereocenters. The molecule has 2 rings (SSSR count). The van der Waals surface area contributed by atoms with Crippen molar-refractivity contribution in [3.8, 4) is 0 Å². The van der Waals surface area contributed by atoms with E-state index in [1.54, 1.807) is 25.1 Å². The van der Waals surface area contributed by atoms with E-state index < -0.39 is 5.92 Å². The standard InChI is InChI=1S/C16H23FN2O/c1-11-7-8-19(13(9-11)10-18)16(20)12(2)14-5-3-4-6-15(14)17/h3-6,11-13H,7-10,18H2,1-2H3. The molecule has 3 nitrogen and oxygen atoms in total. The van der Waals surface area contributed by atoms with Crippen LogP contribution in [-0.4, -0.2) is 29.9 Å². The number of halogens is 1. The molecule has 1 amide bonds. The van der Waals surface area contributed by atoms with Gasteiger partial charge in [-0.3, -0.25) is 4.79 Å². The van der Waals surface area contributed by atoms with Gasteiger partial charge in [0.05, 0.1) is 5.92 Å². The quantitative estimate of drug-likeness (QED) is 0.923. The first-order valence-electron chi connectivity index (χ1n) is 7.29. The lowest BCUT2D eigenvalue weighted by molar-refractivity contribution is -0.136. The van der Waals surface area contributed by atoms with Crippen LogP contribution < -0.4 is 5.73 Å². The van der Waals surface area contributed by atoms with Gasteiger partial charge in [0.25, 0.3) is 0 Å². The fraction of sp³-hybridized carbons (Fsp3) is 0.562. The Bertz CT molecular complexity index is 477. The molecule has 0 radical (unpaired) electrons. The largest absolute Gasteiger partial charge is 0.338 e. The van der Waals surface area contributed by atoms with Crippen LogP contribution in [0.25, 0.3) is 0 Å². The minimum Gasteiger partial charge on any atom is -0.338 e. The predicted octanol–water partition coefficient (Wildman–Crippen LogP) is 2.51. The van der Waals surface area contributed by atoms with Crippen molar-refractivity contribution in [1.82, 2.24) is 4.90 Å².